The zero-order valence-corrected chi connectivity index (χ0v) is 17.0. The van der Waals surface area contributed by atoms with E-state index in [-0.39, 0.29) is 23.5 Å². The molecule has 1 aromatic carbocycles. The predicted molar refractivity (Wildman–Crippen MR) is 112 cm³/mol. The molecule has 4 rings (SSSR count). The lowest BCUT2D eigenvalue weighted by Crippen LogP contribution is -2.36. The summed E-state index contributed by atoms with van der Waals surface area (Å²) in [5, 5.41) is 6.17. The van der Waals surface area contributed by atoms with Crippen molar-refractivity contribution < 1.29 is 27.5 Å². The first-order valence-corrected chi connectivity index (χ1v) is 10.4. The highest BCUT2D eigenvalue weighted by Gasteiger charge is 2.27. The topological polar surface area (TPSA) is 83.8 Å². The first-order chi connectivity index (χ1) is 15.0. The van der Waals surface area contributed by atoms with E-state index < -0.39 is 12.5 Å². The number of thiophene rings is 1. The Balaban J connectivity index is 1.34. The standard InChI is InChI=1S/C21H19F2N3O4S/c22-21(23)30-15-5-2-1-4-14(15)26-10-9-13(12-26)24-20(28)17-7-8-18(31-17)25-19(27)16-6-3-11-29-16/h1-8,11,13,21H,9-10,12H2,(H,24,28)(H,25,27). The average Bonchev–Trinajstić information content (AvgIpc) is 3.50. The molecule has 1 aliphatic rings. The van der Waals surface area contributed by atoms with Gasteiger partial charge in [0.05, 0.1) is 21.8 Å². The first-order valence-electron chi connectivity index (χ1n) is 9.54. The fourth-order valence-electron chi connectivity index (χ4n) is 3.38. The molecule has 0 radical (unpaired) electrons. The molecule has 10 heteroatoms. The maximum Gasteiger partial charge on any atom is 0.387 e. The third-order valence-electron chi connectivity index (χ3n) is 4.76. The second kappa shape index (κ2) is 9.17. The van der Waals surface area contributed by atoms with Crippen molar-refractivity contribution in [3.8, 4) is 5.75 Å². The molecule has 0 saturated carbocycles. The van der Waals surface area contributed by atoms with Crippen molar-refractivity contribution >= 4 is 33.8 Å². The van der Waals surface area contributed by atoms with Crippen molar-refractivity contribution in [2.75, 3.05) is 23.3 Å². The Kier molecular flexibility index (Phi) is 6.17. The minimum Gasteiger partial charge on any atom is -0.459 e. The van der Waals surface area contributed by atoms with E-state index in [1.807, 2.05) is 4.90 Å². The van der Waals surface area contributed by atoms with Gasteiger partial charge in [0.25, 0.3) is 11.8 Å². The fourth-order valence-corrected chi connectivity index (χ4v) is 4.18. The number of hydrogen-bond acceptors (Lipinski definition) is 6. The van der Waals surface area contributed by atoms with Gasteiger partial charge in [-0.15, -0.1) is 11.3 Å². The van der Waals surface area contributed by atoms with Crippen LogP contribution in [-0.4, -0.2) is 37.6 Å². The van der Waals surface area contributed by atoms with Gasteiger partial charge in [-0.3, -0.25) is 9.59 Å². The van der Waals surface area contributed by atoms with Crippen molar-refractivity contribution in [1.82, 2.24) is 5.32 Å². The summed E-state index contributed by atoms with van der Waals surface area (Å²) in [4.78, 5) is 27.0. The fraction of sp³-hybridized carbons (Fsp3) is 0.238. The van der Waals surface area contributed by atoms with E-state index in [1.165, 1.54) is 12.3 Å². The minimum absolute atomic E-state index is 0.111. The van der Waals surface area contributed by atoms with Gasteiger partial charge >= 0.3 is 6.61 Å². The van der Waals surface area contributed by atoms with Gasteiger partial charge in [-0.1, -0.05) is 12.1 Å². The monoisotopic (exact) mass is 447 g/mol. The number of alkyl halides is 2. The summed E-state index contributed by atoms with van der Waals surface area (Å²) in [6, 6.07) is 12.9. The number of ether oxygens (including phenoxy) is 1. The first kappa shape index (κ1) is 20.9. The van der Waals surface area contributed by atoms with Gasteiger partial charge < -0.3 is 24.7 Å². The Labute approximate surface area is 180 Å². The van der Waals surface area contributed by atoms with Crippen LogP contribution in [0.25, 0.3) is 0 Å². The lowest BCUT2D eigenvalue weighted by molar-refractivity contribution is -0.0495. The Bertz CT molecular complexity index is 1050. The maximum absolute atomic E-state index is 12.7. The molecule has 1 fully saturated rings. The molecule has 1 saturated heterocycles. The summed E-state index contributed by atoms with van der Waals surface area (Å²) in [6.45, 7) is -1.83. The number of rotatable bonds is 7. The third-order valence-corrected chi connectivity index (χ3v) is 5.76. The predicted octanol–water partition coefficient (Wildman–Crippen LogP) is 4.20. The molecule has 2 N–H and O–H groups in total. The smallest absolute Gasteiger partial charge is 0.387 e. The lowest BCUT2D eigenvalue weighted by atomic mass is 10.2. The zero-order valence-electron chi connectivity index (χ0n) is 16.2. The van der Waals surface area contributed by atoms with Crippen molar-refractivity contribution in [3.05, 3.63) is 65.4 Å². The van der Waals surface area contributed by atoms with E-state index in [0.717, 1.165) is 11.3 Å². The molecule has 1 aliphatic heterocycles. The second-order valence-corrected chi connectivity index (χ2v) is 7.93. The molecule has 3 heterocycles. The van der Waals surface area contributed by atoms with Gasteiger partial charge in [-0.25, -0.2) is 0 Å². The Hall–Kier alpha value is -3.40. The summed E-state index contributed by atoms with van der Waals surface area (Å²) >= 11 is 1.15. The molecule has 3 aromatic rings. The van der Waals surface area contributed by atoms with Gasteiger partial charge in [0.2, 0.25) is 0 Å². The molecule has 0 aliphatic carbocycles. The molecule has 0 bridgehead atoms. The van der Waals surface area contributed by atoms with Crippen LogP contribution in [-0.2, 0) is 0 Å². The normalized spacial score (nSPS) is 15.8. The Morgan fingerprint density at radius 1 is 1.13 bits per heavy atom. The molecular formula is C21H19F2N3O4S. The van der Waals surface area contributed by atoms with E-state index >= 15 is 0 Å². The number of nitrogens with one attached hydrogen (secondary N) is 2. The van der Waals surface area contributed by atoms with Gasteiger partial charge in [-0.2, -0.15) is 8.78 Å². The molecule has 31 heavy (non-hydrogen) atoms. The highest BCUT2D eigenvalue weighted by Crippen LogP contribution is 2.32. The third kappa shape index (κ3) is 5.02. The van der Waals surface area contributed by atoms with E-state index in [1.54, 1.807) is 42.5 Å². The summed E-state index contributed by atoms with van der Waals surface area (Å²) in [5.41, 5.74) is 0.568. The molecule has 0 spiro atoms. The van der Waals surface area contributed by atoms with E-state index in [9.17, 15) is 18.4 Å². The lowest BCUT2D eigenvalue weighted by Gasteiger charge is -2.22. The molecule has 2 amide bonds. The summed E-state index contributed by atoms with van der Waals surface area (Å²) in [6.07, 6.45) is 2.08. The molecular weight excluding hydrogens is 428 g/mol. The Morgan fingerprint density at radius 3 is 2.74 bits per heavy atom. The van der Waals surface area contributed by atoms with Gasteiger partial charge in [0.15, 0.2) is 5.76 Å². The number of nitrogens with zero attached hydrogens (tertiary/aromatic N) is 1. The number of carbonyl (C=O) groups is 2. The van der Waals surface area contributed by atoms with Crippen molar-refractivity contribution in [1.29, 1.82) is 0 Å². The van der Waals surface area contributed by atoms with Crippen LogP contribution in [0.2, 0.25) is 0 Å². The summed E-state index contributed by atoms with van der Waals surface area (Å²) < 4.78 is 35.0. The largest absolute Gasteiger partial charge is 0.459 e. The number of halogens is 2. The summed E-state index contributed by atoms with van der Waals surface area (Å²) in [7, 11) is 0. The van der Waals surface area contributed by atoms with E-state index in [4.69, 9.17) is 4.42 Å². The number of amides is 2. The molecule has 162 valence electrons. The minimum atomic E-state index is -2.90. The van der Waals surface area contributed by atoms with Crippen LogP contribution in [0.5, 0.6) is 5.75 Å². The number of hydrogen-bond donors (Lipinski definition) is 2. The average molecular weight is 447 g/mol. The number of benzene rings is 1. The number of anilines is 2. The van der Waals surface area contributed by atoms with Gasteiger partial charge in [0, 0.05) is 19.1 Å². The van der Waals surface area contributed by atoms with Crippen LogP contribution in [0.3, 0.4) is 0 Å². The van der Waals surface area contributed by atoms with Crippen LogP contribution in [0, 0.1) is 0 Å². The molecule has 7 nitrogen and oxygen atoms in total. The maximum atomic E-state index is 12.7. The SMILES string of the molecule is O=C(Nc1ccc(C(=O)NC2CCN(c3ccccc3OC(F)F)C2)s1)c1ccco1. The summed E-state index contributed by atoms with van der Waals surface area (Å²) in [5.74, 6) is -0.358. The number of carbonyl (C=O) groups excluding carboxylic acids is 2. The van der Waals surface area contributed by atoms with E-state index in [0.29, 0.717) is 35.1 Å². The molecule has 1 atom stereocenters. The van der Waals surface area contributed by atoms with Crippen LogP contribution < -0.4 is 20.3 Å². The number of para-hydroxylation sites is 2. The zero-order chi connectivity index (χ0) is 21.8. The van der Waals surface area contributed by atoms with E-state index in [2.05, 4.69) is 15.4 Å². The van der Waals surface area contributed by atoms with Crippen molar-refractivity contribution in [2.24, 2.45) is 0 Å². The van der Waals surface area contributed by atoms with Crippen molar-refractivity contribution in [2.45, 2.75) is 19.1 Å². The quantitative estimate of drug-likeness (QED) is 0.567. The van der Waals surface area contributed by atoms with Crippen LogP contribution >= 0.6 is 11.3 Å². The Morgan fingerprint density at radius 2 is 1.97 bits per heavy atom. The molecule has 2 aromatic heterocycles. The highest BCUT2D eigenvalue weighted by atomic mass is 32.1. The van der Waals surface area contributed by atoms with Crippen LogP contribution in [0.15, 0.2) is 59.2 Å². The highest BCUT2D eigenvalue weighted by molar-refractivity contribution is 7.18. The molecule has 1 unspecified atom stereocenters. The second-order valence-electron chi connectivity index (χ2n) is 6.85. The van der Waals surface area contributed by atoms with Gasteiger partial charge in [0.1, 0.15) is 5.75 Å². The van der Waals surface area contributed by atoms with Gasteiger partial charge in [-0.05, 0) is 42.8 Å². The van der Waals surface area contributed by atoms with Crippen molar-refractivity contribution in [3.63, 3.8) is 0 Å². The number of furan rings is 1. The van der Waals surface area contributed by atoms with Crippen LogP contribution in [0.1, 0.15) is 26.6 Å². The van der Waals surface area contributed by atoms with Crippen LogP contribution in [0.4, 0.5) is 19.5 Å².